The summed E-state index contributed by atoms with van der Waals surface area (Å²) in [6.07, 6.45) is 3.19. The van der Waals surface area contributed by atoms with Crippen LogP contribution in [0.4, 0.5) is 5.69 Å². The molecule has 10 heteroatoms. The van der Waals surface area contributed by atoms with E-state index in [1.165, 1.54) is 17.8 Å². The zero-order chi connectivity index (χ0) is 27.8. The molecule has 0 saturated carbocycles. The van der Waals surface area contributed by atoms with Crippen LogP contribution in [0.1, 0.15) is 60.5 Å². The Morgan fingerprint density at radius 3 is 2.61 bits per heavy atom. The summed E-state index contributed by atoms with van der Waals surface area (Å²) in [7, 11) is 0. The average Bonchev–Trinajstić information content (AvgIpc) is 3.26. The fraction of sp³-hybridized carbons (Fsp3) is 0.357. The highest BCUT2D eigenvalue weighted by atomic mass is 35.5. The Hall–Kier alpha value is -2.81. The van der Waals surface area contributed by atoms with Gasteiger partial charge in [-0.3, -0.25) is 9.59 Å². The molecule has 3 aromatic rings. The third-order valence-electron chi connectivity index (χ3n) is 5.89. The summed E-state index contributed by atoms with van der Waals surface area (Å²) in [5, 5.41) is 16.2. The number of carbonyl (C=O) groups excluding carboxylic acids is 2. The Kier molecular flexibility index (Phi) is 10.8. The predicted octanol–water partition coefficient (Wildman–Crippen LogP) is 6.89. The molecule has 7 nitrogen and oxygen atoms in total. The summed E-state index contributed by atoms with van der Waals surface area (Å²) >= 11 is 13.6. The molecule has 1 heterocycles. The Morgan fingerprint density at radius 2 is 1.95 bits per heavy atom. The van der Waals surface area contributed by atoms with Crippen LogP contribution in [-0.4, -0.2) is 32.3 Å². The number of thioether (sulfide) groups is 1. The topological polar surface area (TPSA) is 88.9 Å². The maximum absolute atomic E-state index is 13.1. The molecule has 0 unspecified atom stereocenters. The zero-order valence-electron chi connectivity index (χ0n) is 22.1. The smallest absolute Gasteiger partial charge is 0.253 e. The van der Waals surface area contributed by atoms with Crippen LogP contribution in [0.15, 0.2) is 54.2 Å². The number of para-hydroxylation sites is 1. The van der Waals surface area contributed by atoms with E-state index in [1.54, 1.807) is 18.2 Å². The Morgan fingerprint density at radius 1 is 1.18 bits per heavy atom. The van der Waals surface area contributed by atoms with E-state index in [0.717, 1.165) is 23.2 Å². The number of anilines is 1. The molecule has 202 valence electrons. The number of halogens is 2. The van der Waals surface area contributed by atoms with E-state index in [4.69, 9.17) is 23.2 Å². The Bertz CT molecular complexity index is 1310. The third kappa shape index (κ3) is 7.62. The first-order chi connectivity index (χ1) is 18.1. The van der Waals surface area contributed by atoms with Crippen LogP contribution >= 0.6 is 35.0 Å². The molecule has 2 aromatic carbocycles. The van der Waals surface area contributed by atoms with Crippen LogP contribution in [0.5, 0.6) is 0 Å². The Labute approximate surface area is 238 Å². The summed E-state index contributed by atoms with van der Waals surface area (Å²) in [6.45, 7) is 12.5. The predicted molar refractivity (Wildman–Crippen MR) is 156 cm³/mol. The van der Waals surface area contributed by atoms with Crippen LogP contribution in [0, 0.1) is 12.8 Å². The minimum absolute atomic E-state index is 0.127. The van der Waals surface area contributed by atoms with Crippen molar-refractivity contribution in [3.63, 3.8) is 0 Å². The van der Waals surface area contributed by atoms with Gasteiger partial charge in [0.25, 0.3) is 5.91 Å². The number of hydrogen-bond donors (Lipinski definition) is 2. The van der Waals surface area contributed by atoms with Crippen molar-refractivity contribution in [1.82, 2.24) is 20.1 Å². The van der Waals surface area contributed by atoms with Crippen molar-refractivity contribution in [1.29, 1.82) is 0 Å². The fourth-order valence-corrected chi connectivity index (χ4v) is 5.33. The van der Waals surface area contributed by atoms with E-state index in [2.05, 4.69) is 48.2 Å². The van der Waals surface area contributed by atoms with Crippen molar-refractivity contribution in [2.75, 3.05) is 11.1 Å². The van der Waals surface area contributed by atoms with Gasteiger partial charge >= 0.3 is 0 Å². The third-order valence-corrected chi connectivity index (χ3v) is 7.41. The highest BCUT2D eigenvalue weighted by Crippen LogP contribution is 2.28. The van der Waals surface area contributed by atoms with Crippen molar-refractivity contribution in [3.05, 3.63) is 81.6 Å². The number of carbonyl (C=O) groups is 2. The lowest BCUT2D eigenvalue weighted by molar-refractivity contribution is -0.113. The molecule has 0 radical (unpaired) electrons. The maximum Gasteiger partial charge on any atom is 0.253 e. The van der Waals surface area contributed by atoms with Crippen LogP contribution in [0.2, 0.25) is 10.0 Å². The molecular weight excluding hydrogens is 541 g/mol. The summed E-state index contributed by atoms with van der Waals surface area (Å²) in [4.78, 5) is 25.9. The van der Waals surface area contributed by atoms with Gasteiger partial charge in [0.2, 0.25) is 5.91 Å². The lowest BCUT2D eigenvalue weighted by Crippen LogP contribution is -2.32. The number of allylic oxidation sites excluding steroid dienone is 1. The van der Waals surface area contributed by atoms with Crippen molar-refractivity contribution in [3.8, 4) is 0 Å². The van der Waals surface area contributed by atoms with Gasteiger partial charge in [0.1, 0.15) is 0 Å². The van der Waals surface area contributed by atoms with Crippen LogP contribution < -0.4 is 10.6 Å². The molecule has 2 N–H and O–H groups in total. The number of amides is 2. The van der Waals surface area contributed by atoms with Gasteiger partial charge in [-0.1, -0.05) is 80.0 Å². The van der Waals surface area contributed by atoms with E-state index < -0.39 is 6.04 Å². The van der Waals surface area contributed by atoms with E-state index in [1.807, 2.05) is 29.7 Å². The largest absolute Gasteiger partial charge is 0.342 e. The molecule has 2 amide bonds. The number of aryl methyl sites for hydroxylation is 2. The molecule has 0 fully saturated rings. The first-order valence-corrected chi connectivity index (χ1v) is 14.2. The SMILES string of the molecule is C=CCn1c(SCC(=O)Nc2c(C)cccc2CC)nnc1[C@H](CC(C)C)NC(=O)c1ccc(Cl)cc1Cl. The second-order valence-corrected chi connectivity index (χ2v) is 11.1. The summed E-state index contributed by atoms with van der Waals surface area (Å²) in [5.74, 6) is 0.557. The highest BCUT2D eigenvalue weighted by molar-refractivity contribution is 7.99. The van der Waals surface area contributed by atoms with Crippen LogP contribution in [0.25, 0.3) is 0 Å². The van der Waals surface area contributed by atoms with Gasteiger partial charge in [-0.05, 0) is 55.0 Å². The molecule has 0 aliphatic rings. The van der Waals surface area contributed by atoms with E-state index >= 15 is 0 Å². The molecular formula is C28H33Cl2N5O2S. The summed E-state index contributed by atoms with van der Waals surface area (Å²) in [5.41, 5.74) is 3.30. The van der Waals surface area contributed by atoms with Gasteiger partial charge in [0.05, 0.1) is 22.4 Å². The van der Waals surface area contributed by atoms with E-state index in [-0.39, 0.29) is 28.5 Å². The van der Waals surface area contributed by atoms with Gasteiger partial charge < -0.3 is 15.2 Å². The summed E-state index contributed by atoms with van der Waals surface area (Å²) < 4.78 is 1.88. The van der Waals surface area contributed by atoms with Crippen molar-refractivity contribution < 1.29 is 9.59 Å². The molecule has 1 aromatic heterocycles. The van der Waals surface area contributed by atoms with Crippen molar-refractivity contribution in [2.45, 2.75) is 58.3 Å². The first kappa shape index (κ1) is 29.7. The zero-order valence-corrected chi connectivity index (χ0v) is 24.4. The average molecular weight is 575 g/mol. The van der Waals surface area contributed by atoms with Gasteiger partial charge in [0, 0.05) is 17.3 Å². The maximum atomic E-state index is 13.1. The standard InChI is InChI=1S/C28H33Cl2N5O2S/c1-6-13-35-26(23(14-17(3)4)31-27(37)21-12-11-20(29)15-22(21)30)33-34-28(35)38-16-24(36)32-25-18(5)9-8-10-19(25)7-2/h6,8-12,15,17,23H,1,7,13-14,16H2,2-5H3,(H,31,37)(H,32,36)/t23-/m0/s1. The number of aromatic nitrogens is 3. The number of benzene rings is 2. The number of hydrogen-bond acceptors (Lipinski definition) is 5. The normalized spacial score (nSPS) is 11.9. The first-order valence-electron chi connectivity index (χ1n) is 12.5. The lowest BCUT2D eigenvalue weighted by Gasteiger charge is -2.21. The number of nitrogens with one attached hydrogen (secondary N) is 2. The molecule has 1 atom stereocenters. The molecule has 0 saturated heterocycles. The molecule has 3 rings (SSSR count). The van der Waals surface area contributed by atoms with Gasteiger partial charge in [-0.25, -0.2) is 0 Å². The van der Waals surface area contributed by atoms with E-state index in [9.17, 15) is 9.59 Å². The minimum atomic E-state index is -0.427. The monoisotopic (exact) mass is 573 g/mol. The molecule has 0 bridgehead atoms. The molecule has 0 aliphatic heterocycles. The van der Waals surface area contributed by atoms with Gasteiger partial charge in [0.15, 0.2) is 11.0 Å². The van der Waals surface area contributed by atoms with Crippen LogP contribution in [0.3, 0.4) is 0 Å². The van der Waals surface area contributed by atoms with Crippen LogP contribution in [-0.2, 0) is 17.8 Å². The lowest BCUT2D eigenvalue weighted by atomic mass is 10.0. The van der Waals surface area contributed by atoms with E-state index in [0.29, 0.717) is 34.5 Å². The fourth-order valence-electron chi connectivity index (χ4n) is 4.08. The molecule has 38 heavy (non-hydrogen) atoms. The molecule has 0 spiro atoms. The van der Waals surface area contributed by atoms with Crippen molar-refractivity contribution >= 4 is 52.5 Å². The number of rotatable bonds is 12. The number of nitrogens with zero attached hydrogens (tertiary/aromatic N) is 3. The quantitative estimate of drug-likeness (QED) is 0.182. The van der Waals surface area contributed by atoms with Gasteiger partial charge in [-0.2, -0.15) is 0 Å². The molecule has 0 aliphatic carbocycles. The Balaban J connectivity index is 1.80. The second-order valence-electron chi connectivity index (χ2n) is 9.32. The summed E-state index contributed by atoms with van der Waals surface area (Å²) in [6, 6.07) is 10.3. The van der Waals surface area contributed by atoms with Crippen molar-refractivity contribution in [2.24, 2.45) is 5.92 Å². The van der Waals surface area contributed by atoms with Gasteiger partial charge in [-0.15, -0.1) is 16.8 Å². The second kappa shape index (κ2) is 13.8. The highest BCUT2D eigenvalue weighted by Gasteiger charge is 2.25. The minimum Gasteiger partial charge on any atom is -0.342 e.